The van der Waals surface area contributed by atoms with Gasteiger partial charge in [0.1, 0.15) is 0 Å². The highest BCUT2D eigenvalue weighted by atomic mass is 16.7. The summed E-state index contributed by atoms with van der Waals surface area (Å²) in [6, 6.07) is 9.09. The van der Waals surface area contributed by atoms with Crippen LogP contribution in [-0.2, 0) is 4.74 Å². The molecular weight excluding hydrogens is 338 g/mol. The largest absolute Gasteiger partial charge is 0.454 e. The molecular formula is C19H15NO6. The Morgan fingerprint density at radius 3 is 2.46 bits per heavy atom. The Hall–Kier alpha value is -3.35. The van der Waals surface area contributed by atoms with Gasteiger partial charge in [0.15, 0.2) is 23.0 Å². The Labute approximate surface area is 149 Å². The molecule has 1 atom stereocenters. The molecule has 2 aromatic rings. The molecule has 1 amide bonds. The van der Waals surface area contributed by atoms with Crippen LogP contribution in [0.25, 0.3) is 6.08 Å². The molecule has 0 fully saturated rings. The molecule has 7 nitrogen and oxygen atoms in total. The molecule has 2 aromatic carbocycles. The maximum Gasteiger partial charge on any atom is 0.414 e. The van der Waals surface area contributed by atoms with Crippen molar-refractivity contribution >= 4 is 12.2 Å². The van der Waals surface area contributed by atoms with Crippen molar-refractivity contribution in [3.8, 4) is 23.0 Å². The van der Waals surface area contributed by atoms with Crippen LogP contribution in [0.3, 0.4) is 0 Å². The number of nitrogens with zero attached hydrogens (tertiary/aromatic N) is 1. The summed E-state index contributed by atoms with van der Waals surface area (Å²) in [5.41, 5.74) is 2.75. The van der Waals surface area contributed by atoms with Gasteiger partial charge in [-0.25, -0.2) is 4.79 Å². The van der Waals surface area contributed by atoms with Crippen LogP contribution in [0.1, 0.15) is 22.7 Å². The van der Waals surface area contributed by atoms with Gasteiger partial charge in [-0.3, -0.25) is 4.90 Å². The van der Waals surface area contributed by atoms with E-state index in [1.54, 1.807) is 11.1 Å². The first-order valence-electron chi connectivity index (χ1n) is 8.12. The lowest BCUT2D eigenvalue weighted by Gasteiger charge is -2.32. The van der Waals surface area contributed by atoms with Crippen LogP contribution in [0, 0.1) is 0 Å². The molecule has 0 radical (unpaired) electrons. The van der Waals surface area contributed by atoms with Crippen LogP contribution in [-0.4, -0.2) is 31.7 Å². The minimum Gasteiger partial charge on any atom is -0.454 e. The quantitative estimate of drug-likeness (QED) is 0.784. The maximum atomic E-state index is 12.4. The summed E-state index contributed by atoms with van der Waals surface area (Å²) in [5, 5.41) is 0. The van der Waals surface area contributed by atoms with Gasteiger partial charge in [-0.1, -0.05) is 6.07 Å². The number of hydrogen-bond acceptors (Lipinski definition) is 6. The van der Waals surface area contributed by atoms with Gasteiger partial charge in [0, 0.05) is 6.20 Å². The molecule has 0 N–H and O–H groups in total. The standard InChI is InChI=1S/C19H15NO6/c1-22-19(21)20-5-4-11-6-16-17(26-10-25-16)8-13(11)18(20)12-2-3-14-15(7-12)24-9-23-14/h2-8,18H,9-10H2,1H3. The molecule has 0 aromatic heterocycles. The van der Waals surface area contributed by atoms with E-state index in [0.717, 1.165) is 16.7 Å². The predicted octanol–water partition coefficient (Wildman–Crippen LogP) is 3.29. The van der Waals surface area contributed by atoms with E-state index in [1.165, 1.54) is 7.11 Å². The summed E-state index contributed by atoms with van der Waals surface area (Å²) < 4.78 is 26.8. The van der Waals surface area contributed by atoms with Crippen LogP contribution in [0.5, 0.6) is 23.0 Å². The third kappa shape index (κ3) is 2.17. The lowest BCUT2D eigenvalue weighted by molar-refractivity contribution is 0.131. The number of rotatable bonds is 1. The molecule has 5 rings (SSSR count). The van der Waals surface area contributed by atoms with Gasteiger partial charge >= 0.3 is 6.09 Å². The highest BCUT2D eigenvalue weighted by molar-refractivity contribution is 5.76. The van der Waals surface area contributed by atoms with Gasteiger partial charge < -0.3 is 23.7 Å². The molecule has 26 heavy (non-hydrogen) atoms. The highest BCUT2D eigenvalue weighted by Crippen LogP contribution is 2.45. The van der Waals surface area contributed by atoms with E-state index in [-0.39, 0.29) is 19.6 Å². The molecule has 3 aliphatic heterocycles. The second kappa shape index (κ2) is 5.59. The molecule has 0 saturated carbocycles. The summed E-state index contributed by atoms with van der Waals surface area (Å²) >= 11 is 0. The molecule has 1 unspecified atom stereocenters. The number of hydrogen-bond donors (Lipinski definition) is 0. The number of benzene rings is 2. The van der Waals surface area contributed by atoms with Crippen LogP contribution in [0.2, 0.25) is 0 Å². The van der Waals surface area contributed by atoms with Gasteiger partial charge in [0.2, 0.25) is 13.6 Å². The van der Waals surface area contributed by atoms with Crippen molar-refractivity contribution < 1.29 is 28.5 Å². The van der Waals surface area contributed by atoms with Crippen molar-refractivity contribution in [2.24, 2.45) is 0 Å². The van der Waals surface area contributed by atoms with Gasteiger partial charge in [-0.15, -0.1) is 0 Å². The second-order valence-corrected chi connectivity index (χ2v) is 6.04. The molecule has 132 valence electrons. The van der Waals surface area contributed by atoms with E-state index in [0.29, 0.717) is 23.0 Å². The number of amides is 1. The summed E-state index contributed by atoms with van der Waals surface area (Å²) in [4.78, 5) is 13.9. The fourth-order valence-electron chi connectivity index (χ4n) is 3.45. The van der Waals surface area contributed by atoms with Crippen molar-refractivity contribution in [1.29, 1.82) is 0 Å². The molecule has 0 aliphatic carbocycles. The molecule has 3 aliphatic rings. The fraction of sp³-hybridized carbons (Fsp3) is 0.211. The summed E-state index contributed by atoms with van der Waals surface area (Å²) in [6.07, 6.45) is 3.12. The lowest BCUT2D eigenvalue weighted by Crippen LogP contribution is -2.33. The Bertz CT molecular complexity index is 938. The number of methoxy groups -OCH3 is 1. The fourth-order valence-corrected chi connectivity index (χ4v) is 3.45. The second-order valence-electron chi connectivity index (χ2n) is 6.04. The zero-order chi connectivity index (χ0) is 17.7. The van der Waals surface area contributed by atoms with Gasteiger partial charge in [0.25, 0.3) is 0 Å². The summed E-state index contributed by atoms with van der Waals surface area (Å²) in [7, 11) is 1.36. The highest BCUT2D eigenvalue weighted by Gasteiger charge is 2.33. The predicted molar refractivity (Wildman–Crippen MR) is 90.3 cm³/mol. The minimum atomic E-state index is -0.452. The van der Waals surface area contributed by atoms with Crippen LogP contribution in [0.15, 0.2) is 36.5 Å². The minimum absolute atomic E-state index is 0.192. The number of fused-ring (bicyclic) bond motifs is 3. The van der Waals surface area contributed by atoms with Crippen LogP contribution >= 0.6 is 0 Å². The van der Waals surface area contributed by atoms with E-state index in [1.807, 2.05) is 36.4 Å². The van der Waals surface area contributed by atoms with E-state index in [4.69, 9.17) is 23.7 Å². The van der Waals surface area contributed by atoms with Crippen molar-refractivity contribution in [2.45, 2.75) is 6.04 Å². The SMILES string of the molecule is COC(=O)N1C=Cc2cc3c(cc2C1c1ccc2c(c1)OCO2)OCO3. The Morgan fingerprint density at radius 1 is 1.00 bits per heavy atom. The summed E-state index contributed by atoms with van der Waals surface area (Å²) in [5.74, 6) is 2.71. The molecule has 3 heterocycles. The summed E-state index contributed by atoms with van der Waals surface area (Å²) in [6.45, 7) is 0.386. The van der Waals surface area contributed by atoms with Crippen molar-refractivity contribution in [1.82, 2.24) is 4.90 Å². The number of ether oxygens (including phenoxy) is 5. The first kappa shape index (κ1) is 14.9. The average Bonchev–Trinajstić information content (AvgIpc) is 3.32. The topological polar surface area (TPSA) is 66.5 Å². The Balaban J connectivity index is 1.66. The van der Waals surface area contributed by atoms with Crippen LogP contribution < -0.4 is 18.9 Å². The number of carbonyl (C=O) groups is 1. The zero-order valence-electron chi connectivity index (χ0n) is 13.9. The smallest absolute Gasteiger partial charge is 0.414 e. The van der Waals surface area contributed by atoms with Crippen molar-refractivity contribution in [3.05, 3.63) is 53.2 Å². The molecule has 0 spiro atoms. The maximum absolute atomic E-state index is 12.4. The first-order chi connectivity index (χ1) is 12.7. The lowest BCUT2D eigenvalue weighted by atomic mass is 9.90. The van der Waals surface area contributed by atoms with E-state index in [2.05, 4.69) is 0 Å². The Morgan fingerprint density at radius 2 is 1.69 bits per heavy atom. The molecule has 7 heteroatoms. The third-order valence-electron chi connectivity index (χ3n) is 4.66. The average molecular weight is 353 g/mol. The zero-order valence-corrected chi connectivity index (χ0v) is 13.9. The van der Waals surface area contributed by atoms with E-state index >= 15 is 0 Å². The van der Waals surface area contributed by atoms with E-state index in [9.17, 15) is 4.79 Å². The first-order valence-corrected chi connectivity index (χ1v) is 8.12. The number of carbonyl (C=O) groups excluding carboxylic acids is 1. The van der Waals surface area contributed by atoms with Gasteiger partial charge in [-0.05, 0) is 47.0 Å². The molecule has 0 bridgehead atoms. The Kier molecular flexibility index (Phi) is 3.21. The van der Waals surface area contributed by atoms with Crippen molar-refractivity contribution in [2.75, 3.05) is 20.7 Å². The monoisotopic (exact) mass is 353 g/mol. The van der Waals surface area contributed by atoms with E-state index < -0.39 is 6.09 Å². The normalized spacial score (nSPS) is 18.7. The molecule has 0 saturated heterocycles. The van der Waals surface area contributed by atoms with Crippen LogP contribution in [0.4, 0.5) is 4.79 Å². The van der Waals surface area contributed by atoms with Gasteiger partial charge in [-0.2, -0.15) is 0 Å². The van der Waals surface area contributed by atoms with Gasteiger partial charge in [0.05, 0.1) is 13.2 Å². The van der Waals surface area contributed by atoms with Crippen molar-refractivity contribution in [3.63, 3.8) is 0 Å². The third-order valence-corrected chi connectivity index (χ3v) is 4.66.